The Morgan fingerprint density at radius 2 is 1.31 bits per heavy atom. The normalized spacial score (nSPS) is 14.8. The Kier molecular flexibility index (Phi) is 5.05. The maximum Gasteiger partial charge on any atom is 0.0433 e. The van der Waals surface area contributed by atoms with Crippen molar-refractivity contribution in [2.45, 2.75) is 32.1 Å². The predicted molar refractivity (Wildman–Crippen MR) is 183 cm³/mol. The fourth-order valence-corrected chi connectivity index (χ4v) is 8.72. The van der Waals surface area contributed by atoms with Crippen LogP contribution in [0.2, 0.25) is 0 Å². The van der Waals surface area contributed by atoms with E-state index in [9.17, 15) is 0 Å². The third kappa shape index (κ3) is 3.41. The highest BCUT2D eigenvalue weighted by molar-refractivity contribution is 7.26. The van der Waals surface area contributed by atoms with Crippen LogP contribution < -0.4 is 0 Å². The molecule has 0 fully saturated rings. The summed E-state index contributed by atoms with van der Waals surface area (Å²) in [5.41, 5.74) is 13.6. The Hall–Kier alpha value is -4.46. The minimum atomic E-state index is -0.0799. The van der Waals surface area contributed by atoms with Gasteiger partial charge in [0.1, 0.15) is 0 Å². The van der Waals surface area contributed by atoms with Gasteiger partial charge < -0.3 is 0 Å². The number of hydrogen-bond donors (Lipinski definition) is 0. The van der Waals surface area contributed by atoms with E-state index in [4.69, 9.17) is 0 Å². The Morgan fingerprint density at radius 3 is 2.19 bits per heavy atom. The van der Waals surface area contributed by atoms with Gasteiger partial charge in [0, 0.05) is 25.6 Å². The zero-order valence-electron chi connectivity index (χ0n) is 23.9. The van der Waals surface area contributed by atoms with Crippen LogP contribution in [0.25, 0.3) is 70.4 Å². The van der Waals surface area contributed by atoms with Crippen molar-refractivity contribution in [1.29, 1.82) is 0 Å². The molecule has 2 aliphatic carbocycles. The van der Waals surface area contributed by atoms with Gasteiger partial charge in [-0.3, -0.25) is 0 Å². The molecule has 0 amide bonds. The van der Waals surface area contributed by atoms with E-state index in [2.05, 4.69) is 135 Å². The molecule has 0 radical (unpaired) electrons. The van der Waals surface area contributed by atoms with E-state index in [0.29, 0.717) is 0 Å². The third-order valence-electron chi connectivity index (χ3n) is 9.74. The van der Waals surface area contributed by atoms with Crippen LogP contribution in [0.5, 0.6) is 0 Å². The lowest BCUT2D eigenvalue weighted by Crippen LogP contribution is -2.15. The monoisotopic (exact) mass is 554 g/mol. The lowest BCUT2D eigenvalue weighted by atomic mass is 9.80. The van der Waals surface area contributed by atoms with Crippen molar-refractivity contribution >= 4 is 48.4 Å². The third-order valence-corrected chi connectivity index (χ3v) is 11.0. The van der Waals surface area contributed by atoms with Gasteiger partial charge in [-0.25, -0.2) is 0 Å². The SMILES string of the molecule is CC1(C)c2cc(-c3ccc4ccc5c(c4c3)C=CCC5)ccc2-c2ccc(-c3cccc4c3sc3ccccc34)cc21. The summed E-state index contributed by atoms with van der Waals surface area (Å²) in [6, 6.07) is 41.4. The van der Waals surface area contributed by atoms with Crippen molar-refractivity contribution in [3.63, 3.8) is 0 Å². The van der Waals surface area contributed by atoms with Gasteiger partial charge in [0.25, 0.3) is 0 Å². The summed E-state index contributed by atoms with van der Waals surface area (Å²) in [5.74, 6) is 0. The van der Waals surface area contributed by atoms with Crippen LogP contribution in [0.4, 0.5) is 0 Å². The van der Waals surface area contributed by atoms with Crippen LogP contribution in [0.3, 0.4) is 0 Å². The maximum atomic E-state index is 2.46. The highest BCUT2D eigenvalue weighted by Crippen LogP contribution is 2.51. The summed E-state index contributed by atoms with van der Waals surface area (Å²) in [7, 11) is 0. The number of allylic oxidation sites excluding steroid dienone is 1. The molecule has 42 heavy (non-hydrogen) atoms. The van der Waals surface area contributed by atoms with Crippen molar-refractivity contribution in [2.24, 2.45) is 0 Å². The van der Waals surface area contributed by atoms with E-state index in [0.717, 1.165) is 12.8 Å². The topological polar surface area (TPSA) is 0 Å². The first-order valence-electron chi connectivity index (χ1n) is 15.0. The zero-order valence-corrected chi connectivity index (χ0v) is 24.7. The van der Waals surface area contributed by atoms with Crippen molar-refractivity contribution in [3.05, 3.63) is 138 Å². The fraction of sp³-hybridized carbons (Fsp3) is 0.122. The van der Waals surface area contributed by atoms with Crippen molar-refractivity contribution in [2.75, 3.05) is 0 Å². The molecule has 0 aliphatic heterocycles. The molecule has 0 bridgehead atoms. The molecule has 0 saturated heterocycles. The average molecular weight is 555 g/mol. The molecule has 7 aromatic rings. The molecular weight excluding hydrogens is 525 g/mol. The average Bonchev–Trinajstić information content (AvgIpc) is 3.52. The van der Waals surface area contributed by atoms with Crippen LogP contribution in [-0.4, -0.2) is 0 Å². The van der Waals surface area contributed by atoms with Gasteiger partial charge in [-0.2, -0.15) is 0 Å². The van der Waals surface area contributed by atoms with E-state index in [-0.39, 0.29) is 5.41 Å². The largest absolute Gasteiger partial charge is 0.135 e. The Balaban J connectivity index is 1.16. The van der Waals surface area contributed by atoms with Gasteiger partial charge in [0.15, 0.2) is 0 Å². The number of aryl methyl sites for hydroxylation is 1. The predicted octanol–water partition coefficient (Wildman–Crippen LogP) is 11.8. The van der Waals surface area contributed by atoms with Gasteiger partial charge >= 0.3 is 0 Å². The molecule has 1 aromatic heterocycles. The van der Waals surface area contributed by atoms with Crippen molar-refractivity contribution in [3.8, 4) is 33.4 Å². The molecule has 2 aliphatic rings. The van der Waals surface area contributed by atoms with Crippen molar-refractivity contribution in [1.82, 2.24) is 0 Å². The molecule has 0 unspecified atom stereocenters. The van der Waals surface area contributed by atoms with Crippen LogP contribution in [0, 0.1) is 0 Å². The highest BCUT2D eigenvalue weighted by Gasteiger charge is 2.36. The lowest BCUT2D eigenvalue weighted by molar-refractivity contribution is 0.661. The van der Waals surface area contributed by atoms with Crippen LogP contribution in [0.1, 0.15) is 42.5 Å². The summed E-state index contributed by atoms with van der Waals surface area (Å²) in [6.45, 7) is 4.79. The number of fused-ring (bicyclic) bond motifs is 9. The van der Waals surface area contributed by atoms with E-state index in [1.165, 1.54) is 86.6 Å². The van der Waals surface area contributed by atoms with Gasteiger partial charge in [-0.1, -0.05) is 111 Å². The molecule has 9 rings (SSSR count). The lowest BCUT2D eigenvalue weighted by Gasteiger charge is -2.23. The Labute approximate surface area is 250 Å². The number of hydrogen-bond acceptors (Lipinski definition) is 1. The van der Waals surface area contributed by atoms with E-state index < -0.39 is 0 Å². The highest BCUT2D eigenvalue weighted by atomic mass is 32.1. The second-order valence-corrected chi connectivity index (χ2v) is 13.5. The molecule has 0 atom stereocenters. The Morgan fingerprint density at radius 1 is 0.595 bits per heavy atom. The first-order chi connectivity index (χ1) is 20.6. The maximum absolute atomic E-state index is 2.46. The molecule has 1 heteroatoms. The second-order valence-electron chi connectivity index (χ2n) is 12.4. The first-order valence-corrected chi connectivity index (χ1v) is 15.8. The zero-order chi connectivity index (χ0) is 28.0. The minimum absolute atomic E-state index is 0.0799. The molecular formula is C41H30S. The van der Waals surface area contributed by atoms with E-state index in [1.54, 1.807) is 0 Å². The summed E-state index contributed by atoms with van der Waals surface area (Å²) in [5, 5.41) is 5.39. The molecule has 0 nitrogen and oxygen atoms in total. The van der Waals surface area contributed by atoms with Gasteiger partial charge in [0.2, 0.25) is 0 Å². The summed E-state index contributed by atoms with van der Waals surface area (Å²) >= 11 is 1.91. The van der Waals surface area contributed by atoms with Crippen molar-refractivity contribution < 1.29 is 0 Å². The fourth-order valence-electron chi connectivity index (χ4n) is 7.48. The summed E-state index contributed by atoms with van der Waals surface area (Å²) in [6.07, 6.45) is 6.92. The molecule has 6 aromatic carbocycles. The molecule has 1 heterocycles. The smallest absolute Gasteiger partial charge is 0.0433 e. The van der Waals surface area contributed by atoms with Gasteiger partial charge in [-0.15, -0.1) is 11.3 Å². The van der Waals surface area contributed by atoms with E-state index >= 15 is 0 Å². The standard InChI is InChI=1S/C41H30S/c1-41(2)37-23-28(27-17-16-26-15-14-25-8-3-4-9-30(25)36(26)22-27)18-20-32(37)33-21-19-29(24-38(33)41)31-11-7-12-35-34-10-5-6-13-39(34)42-40(31)35/h4-7,9-24H,3,8H2,1-2H3. The van der Waals surface area contributed by atoms with Gasteiger partial charge in [-0.05, 0) is 104 Å². The Bertz CT molecular complexity index is 2270. The summed E-state index contributed by atoms with van der Waals surface area (Å²) in [4.78, 5) is 0. The van der Waals surface area contributed by atoms with Crippen LogP contribution in [0.15, 0.2) is 115 Å². The second kappa shape index (κ2) is 8.77. The molecule has 0 N–H and O–H groups in total. The van der Waals surface area contributed by atoms with Crippen LogP contribution >= 0.6 is 11.3 Å². The minimum Gasteiger partial charge on any atom is -0.135 e. The molecule has 0 saturated carbocycles. The van der Waals surface area contributed by atoms with E-state index in [1.807, 2.05) is 11.3 Å². The number of rotatable bonds is 2. The first kappa shape index (κ1) is 24.2. The quantitative estimate of drug-likeness (QED) is 0.199. The number of thiophene rings is 1. The molecule has 200 valence electrons. The van der Waals surface area contributed by atoms with Crippen LogP contribution in [-0.2, 0) is 11.8 Å². The van der Waals surface area contributed by atoms with Gasteiger partial charge in [0.05, 0.1) is 0 Å². The number of benzene rings is 6. The molecule has 0 spiro atoms. The summed E-state index contributed by atoms with van der Waals surface area (Å²) < 4.78 is 2.73.